The Balaban J connectivity index is 1.70. The fourth-order valence-corrected chi connectivity index (χ4v) is 3.08. The van der Waals surface area contributed by atoms with Gasteiger partial charge in [0.25, 0.3) is 16.8 Å². The summed E-state index contributed by atoms with van der Waals surface area (Å²) < 4.78 is 12.9. The highest BCUT2D eigenvalue weighted by atomic mass is 32.2. The van der Waals surface area contributed by atoms with Crippen LogP contribution < -0.4 is 5.32 Å². The third-order valence-electron chi connectivity index (χ3n) is 3.54. The van der Waals surface area contributed by atoms with Crippen molar-refractivity contribution in [2.45, 2.75) is 0 Å². The number of rotatable bonds is 5. The highest BCUT2D eigenvalue weighted by Crippen LogP contribution is 2.32. The Morgan fingerprint density at radius 1 is 1.19 bits per heavy atom. The van der Waals surface area contributed by atoms with E-state index in [-0.39, 0.29) is 17.3 Å². The number of anilines is 1. The smallest absolute Gasteiger partial charge is 0.295 e. The topological polar surface area (TPSA) is 92.6 Å². The lowest BCUT2D eigenvalue weighted by Crippen LogP contribution is -2.33. The maximum atomic E-state index is 12.9. The van der Waals surface area contributed by atoms with E-state index in [1.165, 1.54) is 48.5 Å². The molecule has 26 heavy (non-hydrogen) atoms. The van der Waals surface area contributed by atoms with Gasteiger partial charge in [0.15, 0.2) is 0 Å². The molecule has 3 rings (SSSR count). The van der Waals surface area contributed by atoms with Gasteiger partial charge in [-0.05, 0) is 41.6 Å². The van der Waals surface area contributed by atoms with Crippen molar-refractivity contribution in [3.05, 3.63) is 74.9 Å². The van der Waals surface area contributed by atoms with Crippen molar-refractivity contribution in [2.75, 3.05) is 12.0 Å². The van der Waals surface area contributed by atoms with Gasteiger partial charge in [-0.25, -0.2) is 4.39 Å². The molecule has 1 aliphatic heterocycles. The third-order valence-corrected chi connectivity index (χ3v) is 4.45. The lowest BCUT2D eigenvalue weighted by Gasteiger charge is -2.14. The van der Waals surface area contributed by atoms with Crippen LogP contribution in [0.5, 0.6) is 0 Å². The van der Waals surface area contributed by atoms with Crippen LogP contribution in [0.4, 0.5) is 20.6 Å². The van der Waals surface area contributed by atoms with Crippen molar-refractivity contribution in [3.8, 4) is 0 Å². The normalized spacial score (nSPS) is 15.6. The zero-order valence-corrected chi connectivity index (χ0v) is 14.0. The minimum atomic E-state index is -0.531. The number of non-ortho nitro benzene ring substituents is 1. The predicted octanol–water partition coefficient (Wildman–Crippen LogP) is 3.84. The monoisotopic (exact) mass is 373 g/mol. The molecule has 0 radical (unpaired) electrons. The molecule has 0 saturated carbocycles. The van der Waals surface area contributed by atoms with Gasteiger partial charge in [-0.1, -0.05) is 18.2 Å². The molecule has 0 bridgehead atoms. The van der Waals surface area contributed by atoms with E-state index < -0.39 is 21.9 Å². The number of benzene rings is 2. The molecule has 1 N–H and O–H groups in total. The number of hydrogen-bond donors (Lipinski definition) is 1. The van der Waals surface area contributed by atoms with Crippen LogP contribution in [0.25, 0.3) is 6.08 Å². The number of carbonyl (C=O) groups is 2. The molecule has 0 atom stereocenters. The molecule has 2 amide bonds. The van der Waals surface area contributed by atoms with Crippen LogP contribution >= 0.6 is 11.8 Å². The van der Waals surface area contributed by atoms with E-state index in [0.29, 0.717) is 11.3 Å². The van der Waals surface area contributed by atoms with Crippen molar-refractivity contribution < 1.29 is 18.9 Å². The Hall–Kier alpha value is -3.20. The Labute approximate surface area is 151 Å². The van der Waals surface area contributed by atoms with E-state index in [0.717, 1.165) is 16.7 Å². The van der Waals surface area contributed by atoms with Gasteiger partial charge >= 0.3 is 0 Å². The molecule has 0 spiro atoms. The predicted molar refractivity (Wildman–Crippen MR) is 95.8 cm³/mol. The number of imide groups is 1. The number of nitro benzene ring substituents is 1. The molecule has 0 aliphatic carbocycles. The second-order valence-electron chi connectivity index (χ2n) is 5.30. The Morgan fingerprint density at radius 2 is 1.92 bits per heavy atom. The van der Waals surface area contributed by atoms with Gasteiger partial charge < -0.3 is 5.32 Å². The molecule has 9 heteroatoms. The Kier molecular flexibility index (Phi) is 4.99. The summed E-state index contributed by atoms with van der Waals surface area (Å²) in [5.74, 6) is -0.876. The fourth-order valence-electron chi connectivity index (χ4n) is 2.25. The summed E-state index contributed by atoms with van der Waals surface area (Å²) >= 11 is 0.781. The van der Waals surface area contributed by atoms with E-state index in [1.807, 2.05) is 0 Å². The van der Waals surface area contributed by atoms with Crippen molar-refractivity contribution in [2.24, 2.45) is 0 Å². The lowest BCUT2D eigenvalue weighted by molar-refractivity contribution is -0.384. The number of thioether (sulfide) groups is 1. The summed E-state index contributed by atoms with van der Waals surface area (Å²) in [5, 5.41) is 13.1. The van der Waals surface area contributed by atoms with Gasteiger partial charge in [0, 0.05) is 17.8 Å². The van der Waals surface area contributed by atoms with Gasteiger partial charge in [0.1, 0.15) is 5.82 Å². The first kappa shape index (κ1) is 17.6. The minimum Gasteiger partial charge on any atom is -0.367 e. The van der Waals surface area contributed by atoms with Gasteiger partial charge in [-0.15, -0.1) is 0 Å². The van der Waals surface area contributed by atoms with Crippen LogP contribution in [0, 0.1) is 15.9 Å². The van der Waals surface area contributed by atoms with Crippen LogP contribution in [-0.2, 0) is 4.79 Å². The van der Waals surface area contributed by atoms with Crippen molar-refractivity contribution in [3.63, 3.8) is 0 Å². The Morgan fingerprint density at radius 3 is 2.62 bits per heavy atom. The zero-order chi connectivity index (χ0) is 18.7. The first-order valence-electron chi connectivity index (χ1n) is 7.43. The number of hydrogen-bond acceptors (Lipinski definition) is 6. The van der Waals surface area contributed by atoms with E-state index in [9.17, 15) is 24.1 Å². The zero-order valence-electron chi connectivity index (χ0n) is 13.2. The molecule has 1 saturated heterocycles. The fraction of sp³-hybridized carbons (Fsp3) is 0.0588. The molecule has 2 aromatic carbocycles. The van der Waals surface area contributed by atoms with Crippen LogP contribution in [0.1, 0.15) is 5.56 Å². The first-order chi connectivity index (χ1) is 12.4. The van der Waals surface area contributed by atoms with Gasteiger partial charge in [0.05, 0.1) is 16.5 Å². The quantitative estimate of drug-likeness (QED) is 0.486. The molecule has 2 aromatic rings. The van der Waals surface area contributed by atoms with Crippen LogP contribution in [0.2, 0.25) is 0 Å². The summed E-state index contributed by atoms with van der Waals surface area (Å²) in [6.45, 7) is -0.118. The molecule has 132 valence electrons. The van der Waals surface area contributed by atoms with Crippen LogP contribution in [0.15, 0.2) is 53.4 Å². The second kappa shape index (κ2) is 7.36. The molecule has 1 heterocycles. The summed E-state index contributed by atoms with van der Waals surface area (Å²) in [5.41, 5.74) is 0.921. The van der Waals surface area contributed by atoms with E-state index in [1.54, 1.807) is 6.07 Å². The van der Waals surface area contributed by atoms with Crippen molar-refractivity contribution in [1.29, 1.82) is 0 Å². The number of halogens is 1. The van der Waals surface area contributed by atoms with E-state index in [2.05, 4.69) is 5.32 Å². The maximum Gasteiger partial charge on any atom is 0.295 e. The number of amides is 2. The Bertz CT molecular complexity index is 914. The largest absolute Gasteiger partial charge is 0.367 e. The highest BCUT2D eigenvalue weighted by Gasteiger charge is 2.34. The van der Waals surface area contributed by atoms with Gasteiger partial charge in [-0.2, -0.15) is 0 Å². The molecular weight excluding hydrogens is 361 g/mol. The third kappa shape index (κ3) is 3.89. The number of nitrogens with one attached hydrogen (secondary N) is 1. The van der Waals surface area contributed by atoms with Crippen LogP contribution in [0.3, 0.4) is 0 Å². The molecule has 1 aliphatic rings. The maximum absolute atomic E-state index is 12.9. The second-order valence-corrected chi connectivity index (χ2v) is 6.30. The molecule has 0 aromatic heterocycles. The summed E-state index contributed by atoms with van der Waals surface area (Å²) in [6.07, 6.45) is 1.51. The number of carbonyl (C=O) groups excluding carboxylic acids is 2. The summed E-state index contributed by atoms with van der Waals surface area (Å²) in [6, 6.07) is 11.3. The van der Waals surface area contributed by atoms with Gasteiger partial charge in [-0.3, -0.25) is 24.6 Å². The van der Waals surface area contributed by atoms with Crippen LogP contribution in [-0.4, -0.2) is 27.6 Å². The molecular formula is C17H12FN3O4S. The lowest BCUT2D eigenvalue weighted by atomic mass is 10.2. The molecule has 1 fully saturated rings. The average molecular weight is 373 g/mol. The van der Waals surface area contributed by atoms with E-state index in [4.69, 9.17) is 0 Å². The standard InChI is InChI=1S/C17H12FN3O4S/c18-12-6-4-11(5-7-12)8-15-16(22)20(17(23)26-15)10-19-13-2-1-3-14(9-13)21(24)25/h1-9,19H,10H2. The average Bonchev–Trinajstić information content (AvgIpc) is 2.89. The highest BCUT2D eigenvalue weighted by molar-refractivity contribution is 8.18. The number of nitrogens with zero attached hydrogens (tertiary/aromatic N) is 2. The SMILES string of the molecule is O=C1SC(=Cc2ccc(F)cc2)C(=O)N1CNc1cccc([N+](=O)[O-])c1. The van der Waals surface area contributed by atoms with E-state index >= 15 is 0 Å². The molecule has 7 nitrogen and oxygen atoms in total. The first-order valence-corrected chi connectivity index (χ1v) is 8.25. The van der Waals surface area contributed by atoms with Crippen molar-refractivity contribution >= 4 is 40.4 Å². The summed E-state index contributed by atoms with van der Waals surface area (Å²) in [4.78, 5) is 35.9. The van der Waals surface area contributed by atoms with Gasteiger partial charge in [0.2, 0.25) is 0 Å². The van der Waals surface area contributed by atoms with Crippen molar-refractivity contribution in [1.82, 2.24) is 4.90 Å². The summed E-state index contributed by atoms with van der Waals surface area (Å²) in [7, 11) is 0. The number of nitro groups is 1. The molecule has 0 unspecified atom stereocenters. The minimum absolute atomic E-state index is 0.0969.